The molecule has 0 amide bonds. The van der Waals surface area contributed by atoms with Crippen LogP contribution >= 0.6 is 0 Å². The third kappa shape index (κ3) is 7.52. The monoisotopic (exact) mass is 950 g/mol. The molecule has 0 saturated heterocycles. The van der Waals surface area contributed by atoms with Gasteiger partial charge < -0.3 is 9.13 Å². The van der Waals surface area contributed by atoms with Crippen LogP contribution in [0.25, 0.3) is 122 Å². The van der Waals surface area contributed by atoms with Crippen molar-refractivity contribution in [3.8, 4) is 78.7 Å². The van der Waals surface area contributed by atoms with E-state index in [4.69, 9.17) is 9.97 Å². The van der Waals surface area contributed by atoms with Gasteiger partial charge in [-0.15, -0.1) is 0 Å². The van der Waals surface area contributed by atoms with Crippen molar-refractivity contribution < 1.29 is 0 Å². The predicted molar refractivity (Wildman–Crippen MR) is 312 cm³/mol. The van der Waals surface area contributed by atoms with Crippen molar-refractivity contribution in [2.75, 3.05) is 0 Å². The maximum absolute atomic E-state index is 5.36. The minimum absolute atomic E-state index is 0.686. The van der Waals surface area contributed by atoms with E-state index in [1.807, 2.05) is 12.1 Å². The van der Waals surface area contributed by atoms with Gasteiger partial charge >= 0.3 is 0 Å². The van der Waals surface area contributed by atoms with Crippen LogP contribution in [0.5, 0.6) is 0 Å². The molecule has 3 heterocycles. The summed E-state index contributed by atoms with van der Waals surface area (Å²) >= 11 is 0. The number of para-hydroxylation sites is 3. The second kappa shape index (κ2) is 17.9. The molecule has 0 aliphatic carbocycles. The van der Waals surface area contributed by atoms with Crippen LogP contribution in [0.4, 0.5) is 0 Å². The van der Waals surface area contributed by atoms with Crippen LogP contribution < -0.4 is 0 Å². The second-order valence-corrected chi connectivity index (χ2v) is 20.2. The number of aryl methyl sites for hydroxylation is 6. The quantitative estimate of drug-likeness (QED) is 0.152. The molecule has 0 fully saturated rings. The van der Waals surface area contributed by atoms with Crippen LogP contribution in [0.1, 0.15) is 33.4 Å². The Bertz CT molecular complexity index is 4260. The van der Waals surface area contributed by atoms with Crippen molar-refractivity contribution in [3.63, 3.8) is 0 Å². The van der Waals surface area contributed by atoms with Crippen LogP contribution in [0.2, 0.25) is 0 Å². The molecule has 0 saturated carbocycles. The zero-order valence-corrected chi connectivity index (χ0v) is 42.6. The molecule has 0 aliphatic rings. The van der Waals surface area contributed by atoms with Gasteiger partial charge in [0.25, 0.3) is 0 Å². The minimum Gasteiger partial charge on any atom is -0.309 e. The average Bonchev–Trinajstić information content (AvgIpc) is 3.93. The predicted octanol–water partition coefficient (Wildman–Crippen LogP) is 18.5. The van der Waals surface area contributed by atoms with Gasteiger partial charge in [-0.25, -0.2) is 9.97 Å². The van der Waals surface area contributed by atoms with E-state index in [0.29, 0.717) is 5.82 Å². The van der Waals surface area contributed by atoms with Crippen LogP contribution in [-0.2, 0) is 0 Å². The molecule has 13 aromatic rings. The van der Waals surface area contributed by atoms with E-state index >= 15 is 0 Å². The van der Waals surface area contributed by atoms with Crippen LogP contribution in [-0.4, -0.2) is 19.1 Å². The van der Waals surface area contributed by atoms with Crippen molar-refractivity contribution in [1.29, 1.82) is 0 Å². The number of rotatable bonds is 8. The molecule has 74 heavy (non-hydrogen) atoms. The van der Waals surface area contributed by atoms with E-state index in [2.05, 4.69) is 257 Å². The SMILES string of the molecule is Cc1cc(C)c(-c2ccc3c(c2)c2ccccc2n3-c2ccccc2-c2ccc(-c3cc(-c4ccccc4)nc(-c4ccccc4)n3)cc2-n2c3ccccc3c3cc(-c4c(C)cc(C)cc4C)ccc32)c(C)c1. The van der Waals surface area contributed by atoms with Crippen LogP contribution in [0, 0.1) is 41.5 Å². The Morgan fingerprint density at radius 3 is 1.26 bits per heavy atom. The fraction of sp³-hybridized carbons (Fsp3) is 0.0857. The lowest BCUT2D eigenvalue weighted by Gasteiger charge is -2.20. The van der Waals surface area contributed by atoms with Gasteiger partial charge in [-0.1, -0.05) is 175 Å². The highest BCUT2D eigenvalue weighted by Crippen LogP contribution is 2.44. The van der Waals surface area contributed by atoms with Gasteiger partial charge in [0.1, 0.15) is 0 Å². The number of benzene rings is 10. The van der Waals surface area contributed by atoms with Crippen molar-refractivity contribution in [2.24, 2.45) is 0 Å². The zero-order chi connectivity index (χ0) is 50.2. The summed E-state index contributed by atoms with van der Waals surface area (Å²) in [7, 11) is 0. The lowest BCUT2D eigenvalue weighted by atomic mass is 9.93. The Kier molecular flexibility index (Phi) is 10.8. The van der Waals surface area contributed by atoms with Crippen molar-refractivity contribution in [3.05, 3.63) is 252 Å². The van der Waals surface area contributed by atoms with Crippen LogP contribution in [0.15, 0.2) is 218 Å². The van der Waals surface area contributed by atoms with E-state index < -0.39 is 0 Å². The van der Waals surface area contributed by atoms with Gasteiger partial charge in [0.2, 0.25) is 0 Å². The van der Waals surface area contributed by atoms with E-state index in [9.17, 15) is 0 Å². The third-order valence-electron chi connectivity index (χ3n) is 15.1. The zero-order valence-electron chi connectivity index (χ0n) is 42.6. The van der Waals surface area contributed by atoms with Crippen molar-refractivity contribution >= 4 is 43.6 Å². The van der Waals surface area contributed by atoms with Gasteiger partial charge in [-0.05, 0) is 141 Å². The maximum atomic E-state index is 5.36. The Morgan fingerprint density at radius 2 is 0.703 bits per heavy atom. The summed E-state index contributed by atoms with van der Waals surface area (Å²) in [4.78, 5) is 10.5. The number of fused-ring (bicyclic) bond motifs is 6. The highest BCUT2D eigenvalue weighted by molar-refractivity contribution is 6.13. The lowest BCUT2D eigenvalue weighted by molar-refractivity contribution is 1.15. The summed E-state index contributed by atoms with van der Waals surface area (Å²) in [5.74, 6) is 0.686. The fourth-order valence-electron chi connectivity index (χ4n) is 12.1. The molecule has 0 spiro atoms. The normalized spacial score (nSPS) is 11.6. The molecule has 0 atom stereocenters. The smallest absolute Gasteiger partial charge is 0.160 e. The average molecular weight is 951 g/mol. The molecule has 10 aromatic carbocycles. The first-order chi connectivity index (χ1) is 36.2. The van der Waals surface area contributed by atoms with E-state index in [0.717, 1.165) is 72.6 Å². The molecule has 4 nitrogen and oxygen atoms in total. The molecule has 0 N–H and O–H groups in total. The topological polar surface area (TPSA) is 35.6 Å². The maximum Gasteiger partial charge on any atom is 0.160 e. The molecule has 13 rings (SSSR count). The number of hydrogen-bond donors (Lipinski definition) is 0. The minimum atomic E-state index is 0.686. The van der Waals surface area contributed by atoms with E-state index in [-0.39, 0.29) is 0 Å². The van der Waals surface area contributed by atoms with Crippen molar-refractivity contribution in [1.82, 2.24) is 19.1 Å². The van der Waals surface area contributed by atoms with Crippen molar-refractivity contribution in [2.45, 2.75) is 41.5 Å². The number of aromatic nitrogens is 4. The standard InChI is InChI=1S/C70H54N4/c1-43-35-45(3)68(46(4)36-43)52-30-33-65-58(39-52)55-24-14-17-27-63(55)73(65)62-26-16-13-23-54(62)57-32-29-51(61-42-60(49-19-9-7-10-20-49)71-70(72-61)50-21-11-8-12-22-50)41-67(57)74-64-28-18-15-25-56(64)59-40-53(31-34-66(59)74)69-47(5)37-44(2)38-48(69)6/h7-42H,1-6H3. The summed E-state index contributed by atoms with van der Waals surface area (Å²) in [6.07, 6.45) is 0. The molecule has 0 radical (unpaired) electrons. The number of hydrogen-bond acceptors (Lipinski definition) is 2. The first-order valence-electron chi connectivity index (χ1n) is 25.6. The molecular formula is C70H54N4. The molecular weight excluding hydrogens is 897 g/mol. The molecule has 3 aromatic heterocycles. The molecule has 0 unspecified atom stereocenters. The van der Waals surface area contributed by atoms with Crippen LogP contribution in [0.3, 0.4) is 0 Å². The van der Waals surface area contributed by atoms with Gasteiger partial charge in [0.15, 0.2) is 5.82 Å². The fourth-order valence-corrected chi connectivity index (χ4v) is 12.1. The Balaban J connectivity index is 1.08. The Morgan fingerprint density at radius 1 is 0.284 bits per heavy atom. The van der Waals surface area contributed by atoms with Gasteiger partial charge in [-0.2, -0.15) is 0 Å². The Labute approximate surface area is 432 Å². The molecule has 0 bridgehead atoms. The van der Waals surface area contributed by atoms with Gasteiger partial charge in [-0.3, -0.25) is 0 Å². The molecule has 354 valence electrons. The largest absolute Gasteiger partial charge is 0.309 e. The second-order valence-electron chi connectivity index (χ2n) is 20.2. The number of nitrogens with zero attached hydrogens (tertiary/aromatic N) is 4. The third-order valence-corrected chi connectivity index (χ3v) is 15.1. The lowest BCUT2D eigenvalue weighted by Crippen LogP contribution is -2.02. The summed E-state index contributed by atoms with van der Waals surface area (Å²) in [6.45, 7) is 13.3. The summed E-state index contributed by atoms with van der Waals surface area (Å²) in [5, 5.41) is 4.86. The molecule has 0 aliphatic heterocycles. The molecule has 4 heteroatoms. The highest BCUT2D eigenvalue weighted by atomic mass is 15.0. The van der Waals surface area contributed by atoms with Gasteiger partial charge in [0.05, 0.1) is 44.8 Å². The summed E-state index contributed by atoms with van der Waals surface area (Å²) < 4.78 is 4.96. The van der Waals surface area contributed by atoms with E-state index in [1.54, 1.807) is 0 Å². The first-order valence-corrected chi connectivity index (χ1v) is 25.6. The highest BCUT2D eigenvalue weighted by Gasteiger charge is 2.23. The Hall–Kier alpha value is -9.12. The summed E-state index contributed by atoms with van der Waals surface area (Å²) in [6, 6.07) is 79.8. The van der Waals surface area contributed by atoms with E-state index in [1.165, 1.54) is 77.2 Å². The first kappa shape index (κ1) is 44.8. The summed E-state index contributed by atoms with van der Waals surface area (Å²) in [5.41, 5.74) is 26.5. The van der Waals surface area contributed by atoms with Gasteiger partial charge in [0, 0.05) is 49.4 Å².